The molecule has 3 saturated heterocycles. The minimum Gasteiger partial charge on any atom is -0.394 e. The van der Waals surface area contributed by atoms with Crippen molar-refractivity contribution in [3.8, 4) is 0 Å². The van der Waals surface area contributed by atoms with E-state index in [1.807, 2.05) is 0 Å². The highest BCUT2D eigenvalue weighted by Crippen LogP contribution is 2.39. The highest BCUT2D eigenvalue weighted by molar-refractivity contribution is 5.01. The van der Waals surface area contributed by atoms with Crippen molar-refractivity contribution < 1.29 is 90.8 Å². The maximum absolute atomic E-state index is 10.8. The van der Waals surface area contributed by atoms with Gasteiger partial charge in [-0.05, 0) is 0 Å². The number of ether oxygens (including phenoxy) is 5. The molecule has 3 fully saturated rings. The largest absolute Gasteiger partial charge is 0.394 e. The van der Waals surface area contributed by atoms with Gasteiger partial charge in [0, 0.05) is 0 Å². The predicted molar refractivity (Wildman–Crippen MR) is 101 cm³/mol. The zero-order chi connectivity index (χ0) is 32.5. The maximum atomic E-state index is 10.8. The Morgan fingerprint density at radius 3 is 1.56 bits per heavy atom. The third-order valence-corrected chi connectivity index (χ3v) is 5.55. The van der Waals surface area contributed by atoms with E-state index in [2.05, 4.69) is 0 Å². The Morgan fingerprint density at radius 1 is 0.618 bits per heavy atom. The van der Waals surface area contributed by atoms with Crippen molar-refractivity contribution in [3.05, 3.63) is 0 Å². The van der Waals surface area contributed by atoms with Gasteiger partial charge in [0.15, 0.2) is 12.6 Å². The van der Waals surface area contributed by atoms with Gasteiger partial charge in [-0.25, -0.2) is 0 Å². The zero-order valence-electron chi connectivity index (χ0n) is 25.0. The van der Waals surface area contributed by atoms with Gasteiger partial charge in [-0.15, -0.1) is 0 Å². The van der Waals surface area contributed by atoms with Gasteiger partial charge in [-0.1, -0.05) is 0 Å². The molecule has 0 saturated carbocycles. The highest BCUT2D eigenvalue weighted by atomic mass is 16.8. The summed E-state index contributed by atoms with van der Waals surface area (Å²) in [6, 6.07) is 0. The fourth-order valence-electron chi connectivity index (χ4n) is 3.63. The van der Waals surface area contributed by atoms with E-state index >= 15 is 0 Å². The minimum atomic E-state index is -4.06. The first-order chi connectivity index (χ1) is 18.8. The number of aliphatic hydroxyl groups excluding tert-OH is 7. The molecule has 0 unspecified atom stereocenters. The molecule has 3 aliphatic rings. The first kappa shape index (κ1) is 18.6. The van der Waals surface area contributed by atoms with Gasteiger partial charge in [0.05, 0.1) is 30.6 Å². The van der Waals surface area contributed by atoms with Crippen LogP contribution in [0.5, 0.6) is 0 Å². The van der Waals surface area contributed by atoms with Crippen LogP contribution in [0, 0.1) is 0 Å². The second-order valence-corrected chi connectivity index (χ2v) is 7.66. The molecule has 3 rings (SSSR count). The Labute approximate surface area is 203 Å². The molecule has 0 aromatic heterocycles. The molecule has 0 radical (unpaired) electrons. The average Bonchev–Trinajstić information content (AvgIpc) is 3.10. The number of hydrogen-bond acceptors (Lipinski definition) is 16. The van der Waals surface area contributed by atoms with Crippen LogP contribution in [0.25, 0.3) is 0 Å². The molecule has 34 heavy (non-hydrogen) atoms. The SMILES string of the molecule is [2H]C([2H])(O)[C@H]1O[C@](O[C@H]2O[C@H](C([2H])([2H])O)[C@@H](O)[C@H](O)[C@H]2O)(C([2H])([2H])O)[C@@H](O[C@H]2O[C@H](C([2H])([2H])O)[C@@H](O)[C@H](O)[C@H]2O)[C@@H]1O. The Morgan fingerprint density at radius 2 is 1.09 bits per heavy atom. The van der Waals surface area contributed by atoms with Crippen LogP contribution in [-0.2, 0) is 23.7 Å². The molecule has 0 amide bonds. The molecule has 0 aromatic carbocycles. The van der Waals surface area contributed by atoms with E-state index in [1.54, 1.807) is 0 Å². The van der Waals surface area contributed by atoms with E-state index in [1.165, 1.54) is 0 Å². The third-order valence-electron chi connectivity index (χ3n) is 5.55. The Balaban J connectivity index is 2.10. The molecule has 200 valence electrons. The smallest absolute Gasteiger partial charge is 0.224 e. The van der Waals surface area contributed by atoms with E-state index < -0.39 is 112 Å². The second-order valence-electron chi connectivity index (χ2n) is 7.66. The topological polar surface area (TPSA) is 269 Å². The van der Waals surface area contributed by atoms with Gasteiger partial charge in [-0.2, -0.15) is 0 Å². The van der Waals surface area contributed by atoms with Crippen LogP contribution < -0.4 is 0 Å². The lowest BCUT2D eigenvalue weighted by Gasteiger charge is -2.45. The molecule has 0 spiro atoms. The van der Waals surface area contributed by atoms with E-state index in [9.17, 15) is 56.2 Å². The molecule has 0 bridgehead atoms. The van der Waals surface area contributed by atoms with Crippen molar-refractivity contribution in [1.29, 1.82) is 0 Å². The molecular formula is C18H32O16. The van der Waals surface area contributed by atoms with Crippen molar-refractivity contribution in [1.82, 2.24) is 0 Å². The molecule has 0 aliphatic carbocycles. The van der Waals surface area contributed by atoms with Crippen LogP contribution in [0.15, 0.2) is 0 Å². The third kappa shape index (κ3) is 4.96. The summed E-state index contributed by atoms with van der Waals surface area (Å²) in [5.41, 5.74) is 0. The molecule has 0 aromatic rings. The second kappa shape index (κ2) is 11.2. The quantitative estimate of drug-likeness (QED) is 0.144. The van der Waals surface area contributed by atoms with Gasteiger partial charge < -0.3 is 79.9 Å². The summed E-state index contributed by atoms with van der Waals surface area (Å²) in [4.78, 5) is 0. The van der Waals surface area contributed by atoms with Crippen molar-refractivity contribution in [3.63, 3.8) is 0 Å². The summed E-state index contributed by atoms with van der Waals surface area (Å²) in [7, 11) is 0. The number of aliphatic hydroxyl groups is 11. The average molecular weight is 512 g/mol. The van der Waals surface area contributed by atoms with Crippen molar-refractivity contribution in [2.45, 2.75) is 85.5 Å². The van der Waals surface area contributed by atoms with E-state index in [0.29, 0.717) is 0 Å². The summed E-state index contributed by atoms with van der Waals surface area (Å²) in [5, 5.41) is 112. The monoisotopic (exact) mass is 512 g/mol. The van der Waals surface area contributed by atoms with Crippen LogP contribution in [0.2, 0.25) is 0 Å². The fourth-order valence-corrected chi connectivity index (χ4v) is 3.63. The molecule has 16 heteroatoms. The van der Waals surface area contributed by atoms with Crippen LogP contribution in [0.4, 0.5) is 0 Å². The molecular weight excluding hydrogens is 472 g/mol. The first-order valence-corrected chi connectivity index (χ1v) is 9.73. The van der Waals surface area contributed by atoms with Crippen molar-refractivity contribution in [2.24, 2.45) is 0 Å². The Hall–Kier alpha value is -0.640. The van der Waals surface area contributed by atoms with E-state index in [4.69, 9.17) is 34.7 Å². The van der Waals surface area contributed by atoms with Gasteiger partial charge in [0.25, 0.3) is 0 Å². The molecule has 3 aliphatic heterocycles. The summed E-state index contributed by atoms with van der Waals surface area (Å²) in [6.07, 6.45) is -32.3. The van der Waals surface area contributed by atoms with Gasteiger partial charge in [-0.3, -0.25) is 0 Å². The van der Waals surface area contributed by atoms with E-state index in [0.717, 1.165) is 0 Å². The van der Waals surface area contributed by atoms with Gasteiger partial charge in [0.2, 0.25) is 5.79 Å². The summed E-state index contributed by atoms with van der Waals surface area (Å²) in [6.45, 7) is -14.6. The van der Waals surface area contributed by atoms with Gasteiger partial charge >= 0.3 is 0 Å². The lowest BCUT2D eigenvalue weighted by Crippen LogP contribution is -2.64. The molecule has 11 N–H and O–H groups in total. The summed E-state index contributed by atoms with van der Waals surface area (Å²) in [5.74, 6) is -3.74. The van der Waals surface area contributed by atoms with E-state index in [-0.39, 0.29) is 0 Å². The standard InChI is InChI=1S/C18H32O16/c19-1-5-8(23)11(26)13(28)16(30-5)32-15-10(25)7(3-21)33-18(15,4-22)34-17-14(29)12(27)9(24)6(2-20)31-17/h5-17,19-29H,1-4H2/t5-,6-,7-,8-,9-,10-,11+,12+,13-,14-,15+,16-,17-,18+/m1/s1/i1D2,2D2,3D2,4D2. The number of rotatable bonds is 8. The van der Waals surface area contributed by atoms with Crippen LogP contribution in [0.1, 0.15) is 11.0 Å². The first-order valence-electron chi connectivity index (χ1n) is 13.7. The van der Waals surface area contributed by atoms with Crippen molar-refractivity contribution in [2.75, 3.05) is 26.2 Å². The predicted octanol–water partition coefficient (Wildman–Crippen LogP) is -7.57. The Bertz CT molecular complexity index is 944. The molecule has 16 nitrogen and oxygen atoms in total. The number of hydrogen-bond donors (Lipinski definition) is 11. The van der Waals surface area contributed by atoms with Crippen LogP contribution >= 0.6 is 0 Å². The zero-order valence-corrected chi connectivity index (χ0v) is 17.0. The van der Waals surface area contributed by atoms with Crippen molar-refractivity contribution >= 4 is 0 Å². The fraction of sp³-hybridized carbons (Fsp3) is 1.00. The Kier molecular flexibility index (Phi) is 6.11. The van der Waals surface area contributed by atoms with Gasteiger partial charge in [0.1, 0.15) is 73.7 Å². The lowest BCUT2D eigenvalue weighted by molar-refractivity contribution is -0.400. The minimum absolute atomic E-state index is 2.31. The highest BCUT2D eigenvalue weighted by Gasteiger charge is 2.61. The molecule has 14 atom stereocenters. The normalized spacial score (nSPS) is 57.3. The molecule has 3 heterocycles. The maximum Gasteiger partial charge on any atom is 0.224 e. The van der Waals surface area contributed by atoms with Crippen LogP contribution in [-0.4, -0.2) is 168 Å². The summed E-state index contributed by atoms with van der Waals surface area (Å²) < 4.78 is 85.9. The lowest BCUT2D eigenvalue weighted by atomic mass is 9.98. The summed E-state index contributed by atoms with van der Waals surface area (Å²) >= 11 is 0. The van der Waals surface area contributed by atoms with Crippen LogP contribution in [0.3, 0.4) is 0 Å².